The van der Waals surface area contributed by atoms with E-state index < -0.39 is 0 Å². The Kier molecular flexibility index (Phi) is 6.79. The van der Waals surface area contributed by atoms with E-state index in [2.05, 4.69) is 15.0 Å². The second kappa shape index (κ2) is 9.31. The first-order valence-corrected chi connectivity index (χ1v) is 10.0. The van der Waals surface area contributed by atoms with Crippen molar-refractivity contribution in [2.24, 2.45) is 0 Å². The largest absolute Gasteiger partial charge is 0.494 e. The summed E-state index contributed by atoms with van der Waals surface area (Å²) in [6.45, 7) is 0.492. The first-order chi connectivity index (χ1) is 13.6. The summed E-state index contributed by atoms with van der Waals surface area (Å²) in [5, 5.41) is 0.897. The molecular weight excluding hydrogens is 392 g/mol. The van der Waals surface area contributed by atoms with Gasteiger partial charge in [-0.15, -0.1) is 12.4 Å². The summed E-state index contributed by atoms with van der Waals surface area (Å²) in [7, 11) is 1.93. The molecule has 1 aliphatic carbocycles. The molecule has 1 fully saturated rings. The van der Waals surface area contributed by atoms with Crippen LogP contribution in [0.5, 0.6) is 5.75 Å². The van der Waals surface area contributed by atoms with E-state index in [9.17, 15) is 9.59 Å². The van der Waals surface area contributed by atoms with Gasteiger partial charge >= 0.3 is 5.69 Å². The Hall–Kier alpha value is -2.54. The normalized spacial score (nSPS) is 14.7. The van der Waals surface area contributed by atoms with Crippen LogP contribution in [0.3, 0.4) is 0 Å². The van der Waals surface area contributed by atoms with Crippen LogP contribution in [0.1, 0.15) is 44.9 Å². The lowest BCUT2D eigenvalue weighted by molar-refractivity contribution is -0.132. The maximum atomic E-state index is 12.4. The monoisotopic (exact) mass is 418 g/mol. The summed E-state index contributed by atoms with van der Waals surface area (Å²) in [5.74, 6) is 0.941. The highest BCUT2D eigenvalue weighted by Gasteiger charge is 2.21. The van der Waals surface area contributed by atoms with E-state index in [-0.39, 0.29) is 24.0 Å². The molecule has 0 saturated heterocycles. The Bertz CT molecular complexity index is 1040. The first-order valence-electron chi connectivity index (χ1n) is 10.0. The number of carbonyl (C=O) groups is 1. The van der Waals surface area contributed by atoms with Crippen molar-refractivity contribution in [2.75, 3.05) is 13.7 Å². The van der Waals surface area contributed by atoms with Crippen molar-refractivity contribution in [2.45, 2.75) is 51.0 Å². The summed E-state index contributed by atoms with van der Waals surface area (Å²) >= 11 is 0. The third-order valence-electron chi connectivity index (χ3n) is 5.59. The molecule has 1 saturated carbocycles. The van der Waals surface area contributed by atoms with Crippen molar-refractivity contribution in [1.29, 1.82) is 0 Å². The number of H-pyrrole nitrogens is 2. The summed E-state index contributed by atoms with van der Waals surface area (Å²) in [4.78, 5) is 35.5. The molecule has 2 N–H and O–H groups in total. The zero-order valence-electron chi connectivity index (χ0n) is 16.6. The van der Waals surface area contributed by atoms with E-state index in [0.717, 1.165) is 29.5 Å². The fourth-order valence-corrected chi connectivity index (χ4v) is 3.96. The standard InChI is InChI=1S/C21H26N4O3.ClH/c1-25(15-6-3-2-4-7-15)19(26)8-5-11-28-16-9-10-17-14(12-16)13-18-20(22-17)24-21(27)23-18;/h9-10,12-13,15H,2-8,11H2,1H3,(H2,22,23,24,27);1H. The lowest BCUT2D eigenvalue weighted by Gasteiger charge is -2.31. The number of carbonyl (C=O) groups excluding carboxylic acids is 1. The number of hydrogen-bond acceptors (Lipinski definition) is 4. The number of aromatic nitrogens is 3. The molecule has 1 aromatic carbocycles. The van der Waals surface area contributed by atoms with E-state index in [0.29, 0.717) is 36.7 Å². The number of benzene rings is 1. The second-order valence-corrected chi connectivity index (χ2v) is 7.57. The quantitative estimate of drug-likeness (QED) is 0.596. The fourth-order valence-electron chi connectivity index (χ4n) is 3.96. The van der Waals surface area contributed by atoms with Gasteiger partial charge < -0.3 is 14.6 Å². The van der Waals surface area contributed by atoms with E-state index in [4.69, 9.17) is 4.74 Å². The number of fused-ring (bicyclic) bond motifs is 2. The van der Waals surface area contributed by atoms with Crippen LogP contribution in [-0.2, 0) is 4.79 Å². The van der Waals surface area contributed by atoms with Gasteiger partial charge in [0.1, 0.15) is 5.75 Å². The van der Waals surface area contributed by atoms with Crippen LogP contribution in [0.15, 0.2) is 29.1 Å². The van der Waals surface area contributed by atoms with E-state index in [1.807, 2.05) is 36.2 Å². The lowest BCUT2D eigenvalue weighted by atomic mass is 9.94. The molecule has 0 unspecified atom stereocenters. The van der Waals surface area contributed by atoms with Crippen molar-refractivity contribution in [1.82, 2.24) is 19.9 Å². The molecule has 0 radical (unpaired) electrons. The van der Waals surface area contributed by atoms with Crippen molar-refractivity contribution in [3.63, 3.8) is 0 Å². The van der Waals surface area contributed by atoms with Crippen LogP contribution in [0.2, 0.25) is 0 Å². The van der Waals surface area contributed by atoms with Crippen LogP contribution >= 0.6 is 12.4 Å². The Morgan fingerprint density at radius 3 is 2.79 bits per heavy atom. The van der Waals surface area contributed by atoms with Crippen LogP contribution < -0.4 is 10.4 Å². The number of hydrogen-bond donors (Lipinski definition) is 2. The number of amides is 1. The number of imidazole rings is 1. The van der Waals surface area contributed by atoms with E-state index in [1.165, 1.54) is 19.3 Å². The highest BCUT2D eigenvalue weighted by atomic mass is 35.5. The molecule has 156 valence electrons. The molecule has 2 aromatic heterocycles. The molecule has 0 bridgehead atoms. The average molecular weight is 419 g/mol. The number of ether oxygens (including phenoxy) is 1. The van der Waals surface area contributed by atoms with E-state index in [1.54, 1.807) is 0 Å². The smallest absolute Gasteiger partial charge is 0.325 e. The van der Waals surface area contributed by atoms with Gasteiger partial charge in [-0.25, -0.2) is 9.78 Å². The van der Waals surface area contributed by atoms with Gasteiger partial charge in [0.05, 0.1) is 17.6 Å². The molecule has 0 spiro atoms. The minimum Gasteiger partial charge on any atom is -0.494 e. The van der Waals surface area contributed by atoms with Crippen molar-refractivity contribution in [3.05, 3.63) is 34.7 Å². The topological polar surface area (TPSA) is 91.1 Å². The molecule has 0 aliphatic heterocycles. The second-order valence-electron chi connectivity index (χ2n) is 7.57. The molecule has 3 aromatic rings. The Morgan fingerprint density at radius 1 is 1.21 bits per heavy atom. The van der Waals surface area contributed by atoms with Crippen molar-refractivity contribution >= 4 is 40.4 Å². The Balaban J connectivity index is 0.00000240. The van der Waals surface area contributed by atoms with Gasteiger partial charge in [0.15, 0.2) is 5.65 Å². The lowest BCUT2D eigenvalue weighted by Crippen LogP contribution is -2.38. The van der Waals surface area contributed by atoms with Gasteiger partial charge in [-0.3, -0.25) is 9.78 Å². The zero-order chi connectivity index (χ0) is 19.5. The molecule has 8 heteroatoms. The summed E-state index contributed by atoms with van der Waals surface area (Å²) < 4.78 is 5.83. The van der Waals surface area contributed by atoms with E-state index >= 15 is 0 Å². The maximum absolute atomic E-state index is 12.4. The number of nitrogens with one attached hydrogen (secondary N) is 2. The number of halogens is 1. The molecule has 2 heterocycles. The minimum absolute atomic E-state index is 0. The SMILES string of the molecule is CN(C(=O)CCCOc1ccc2nc3[nH]c(=O)[nH]c3cc2c1)C1CCCCC1.Cl. The van der Waals surface area contributed by atoms with Crippen LogP contribution in [0.25, 0.3) is 22.1 Å². The van der Waals surface area contributed by atoms with Gasteiger partial charge in [-0.05, 0) is 43.5 Å². The molecule has 4 rings (SSSR count). The summed E-state index contributed by atoms with van der Waals surface area (Å²) in [6.07, 6.45) is 7.20. The molecular formula is C21H27ClN4O3. The van der Waals surface area contributed by atoms with Crippen LogP contribution in [0, 0.1) is 0 Å². The summed E-state index contributed by atoms with van der Waals surface area (Å²) in [5.41, 5.74) is 1.74. The Morgan fingerprint density at radius 2 is 2.00 bits per heavy atom. The van der Waals surface area contributed by atoms with Gasteiger partial charge in [-0.1, -0.05) is 19.3 Å². The highest BCUT2D eigenvalue weighted by molar-refractivity contribution is 5.90. The van der Waals surface area contributed by atoms with Crippen molar-refractivity contribution in [3.8, 4) is 5.75 Å². The number of aromatic amines is 2. The minimum atomic E-state index is -0.267. The maximum Gasteiger partial charge on any atom is 0.325 e. The van der Waals surface area contributed by atoms with Crippen LogP contribution in [-0.4, -0.2) is 45.5 Å². The Labute approximate surface area is 175 Å². The fraction of sp³-hybridized carbons (Fsp3) is 0.476. The predicted octanol–water partition coefficient (Wildman–Crippen LogP) is 3.78. The third-order valence-corrected chi connectivity index (χ3v) is 5.59. The van der Waals surface area contributed by atoms with Crippen LogP contribution in [0.4, 0.5) is 0 Å². The predicted molar refractivity (Wildman–Crippen MR) is 116 cm³/mol. The highest BCUT2D eigenvalue weighted by Crippen LogP contribution is 2.23. The van der Waals surface area contributed by atoms with Crippen molar-refractivity contribution < 1.29 is 9.53 Å². The number of rotatable bonds is 6. The molecule has 7 nitrogen and oxygen atoms in total. The molecule has 0 atom stereocenters. The molecule has 1 aliphatic rings. The third kappa shape index (κ3) is 4.90. The van der Waals surface area contributed by atoms with Gasteiger partial charge in [0.25, 0.3) is 0 Å². The molecule has 1 amide bonds. The summed E-state index contributed by atoms with van der Waals surface area (Å²) in [6, 6.07) is 7.93. The number of nitrogens with zero attached hydrogens (tertiary/aromatic N) is 2. The number of pyridine rings is 1. The van der Waals surface area contributed by atoms with Gasteiger partial charge in [-0.2, -0.15) is 0 Å². The zero-order valence-corrected chi connectivity index (χ0v) is 17.4. The van der Waals surface area contributed by atoms with Gasteiger partial charge in [0, 0.05) is 24.9 Å². The average Bonchev–Trinajstić information content (AvgIpc) is 3.08. The van der Waals surface area contributed by atoms with Gasteiger partial charge in [0.2, 0.25) is 5.91 Å². The first kappa shape index (κ1) is 21.2. The molecule has 29 heavy (non-hydrogen) atoms.